The van der Waals surface area contributed by atoms with Crippen molar-refractivity contribution in [2.45, 2.75) is 18.9 Å². The van der Waals surface area contributed by atoms with Gasteiger partial charge in [-0.3, -0.25) is 4.79 Å². The Labute approximate surface area is 83.5 Å². The highest BCUT2D eigenvalue weighted by molar-refractivity contribution is 7.91. The van der Waals surface area contributed by atoms with Gasteiger partial charge in [0.2, 0.25) is 0 Å². The number of hydrogen-bond acceptors (Lipinski definition) is 5. The van der Waals surface area contributed by atoms with E-state index in [4.69, 9.17) is 5.73 Å². The topological polar surface area (TPSA) is 86.5 Å². The van der Waals surface area contributed by atoms with Crippen LogP contribution >= 0.6 is 0 Å². The van der Waals surface area contributed by atoms with Crippen LogP contribution in [0.15, 0.2) is 0 Å². The van der Waals surface area contributed by atoms with E-state index in [-0.39, 0.29) is 35.9 Å². The van der Waals surface area contributed by atoms with Crippen molar-refractivity contribution < 1.29 is 17.9 Å². The molecule has 6 heteroatoms. The number of carbonyl (C=O) groups is 1. The van der Waals surface area contributed by atoms with Crippen molar-refractivity contribution in [1.82, 2.24) is 0 Å². The van der Waals surface area contributed by atoms with E-state index < -0.39 is 9.84 Å². The lowest BCUT2D eigenvalue weighted by Crippen LogP contribution is -2.29. The first kappa shape index (κ1) is 11.5. The molecule has 14 heavy (non-hydrogen) atoms. The van der Waals surface area contributed by atoms with Gasteiger partial charge in [0, 0.05) is 12.5 Å². The van der Waals surface area contributed by atoms with Crippen LogP contribution in [-0.4, -0.2) is 39.0 Å². The number of ether oxygens (including phenoxy) is 1. The summed E-state index contributed by atoms with van der Waals surface area (Å²) in [5.41, 5.74) is 5.65. The Morgan fingerprint density at radius 1 is 1.50 bits per heavy atom. The fraction of sp³-hybridized carbons (Fsp3) is 0.875. The number of sulfone groups is 1. The highest BCUT2D eigenvalue weighted by atomic mass is 32.2. The maximum absolute atomic E-state index is 11.2. The number of hydrogen-bond donors (Lipinski definition) is 1. The fourth-order valence-electron chi connectivity index (χ4n) is 1.65. The van der Waals surface area contributed by atoms with Crippen molar-refractivity contribution in [2.24, 2.45) is 11.7 Å². The van der Waals surface area contributed by atoms with Crippen LogP contribution < -0.4 is 5.73 Å². The number of nitrogens with two attached hydrogens (primary N) is 1. The van der Waals surface area contributed by atoms with E-state index in [2.05, 4.69) is 4.74 Å². The van der Waals surface area contributed by atoms with Crippen LogP contribution in [0.25, 0.3) is 0 Å². The summed E-state index contributed by atoms with van der Waals surface area (Å²) < 4.78 is 26.8. The molecule has 1 aliphatic heterocycles. The van der Waals surface area contributed by atoms with Gasteiger partial charge < -0.3 is 10.5 Å². The van der Waals surface area contributed by atoms with Crippen LogP contribution in [0.5, 0.6) is 0 Å². The lowest BCUT2D eigenvalue weighted by molar-refractivity contribution is -0.140. The summed E-state index contributed by atoms with van der Waals surface area (Å²) >= 11 is 0. The van der Waals surface area contributed by atoms with E-state index in [0.717, 1.165) is 0 Å². The maximum atomic E-state index is 11.2. The molecule has 1 fully saturated rings. The highest BCUT2D eigenvalue weighted by Gasteiger charge is 2.35. The van der Waals surface area contributed by atoms with Crippen LogP contribution in [0.3, 0.4) is 0 Å². The van der Waals surface area contributed by atoms with E-state index in [1.807, 2.05) is 0 Å². The molecule has 0 bridgehead atoms. The molecule has 0 aromatic heterocycles. The van der Waals surface area contributed by atoms with E-state index in [1.54, 1.807) is 0 Å². The standard InChI is InChI=1S/C8H15NO4S/c1-13-8(10)3-2-6-4-14(11,12)5-7(6)9/h6-7H,2-5,9H2,1H3/t6-,7-/m0/s1. The molecule has 0 spiro atoms. The van der Waals surface area contributed by atoms with Gasteiger partial charge >= 0.3 is 5.97 Å². The van der Waals surface area contributed by atoms with Crippen molar-refractivity contribution in [3.8, 4) is 0 Å². The molecular formula is C8H15NO4S. The lowest BCUT2D eigenvalue weighted by atomic mass is 9.99. The first-order valence-electron chi connectivity index (χ1n) is 4.47. The van der Waals surface area contributed by atoms with Crippen molar-refractivity contribution in [2.75, 3.05) is 18.6 Å². The molecule has 1 saturated heterocycles. The molecule has 1 heterocycles. The van der Waals surface area contributed by atoms with Crippen molar-refractivity contribution in [1.29, 1.82) is 0 Å². The quantitative estimate of drug-likeness (QED) is 0.637. The zero-order valence-electron chi connectivity index (χ0n) is 8.10. The first-order valence-corrected chi connectivity index (χ1v) is 6.29. The molecule has 0 aliphatic carbocycles. The third kappa shape index (κ3) is 2.95. The van der Waals surface area contributed by atoms with Gasteiger partial charge in [0.25, 0.3) is 0 Å². The molecule has 2 N–H and O–H groups in total. The molecule has 0 aromatic rings. The van der Waals surface area contributed by atoms with Gasteiger partial charge in [-0.1, -0.05) is 0 Å². The average molecular weight is 221 g/mol. The molecule has 0 unspecified atom stereocenters. The van der Waals surface area contributed by atoms with Gasteiger partial charge in [-0.05, 0) is 12.3 Å². The monoisotopic (exact) mass is 221 g/mol. The van der Waals surface area contributed by atoms with Crippen molar-refractivity contribution >= 4 is 15.8 Å². The predicted molar refractivity (Wildman–Crippen MR) is 51.4 cm³/mol. The minimum Gasteiger partial charge on any atom is -0.469 e. The van der Waals surface area contributed by atoms with Crippen LogP contribution in [-0.2, 0) is 19.4 Å². The summed E-state index contributed by atoms with van der Waals surface area (Å²) in [6, 6.07) is -0.329. The number of esters is 1. The third-order valence-electron chi connectivity index (χ3n) is 2.47. The van der Waals surface area contributed by atoms with Crippen molar-refractivity contribution in [3.05, 3.63) is 0 Å². The zero-order valence-corrected chi connectivity index (χ0v) is 8.92. The highest BCUT2D eigenvalue weighted by Crippen LogP contribution is 2.22. The fourth-order valence-corrected chi connectivity index (χ4v) is 3.71. The molecule has 1 aliphatic rings. The Balaban J connectivity index is 2.44. The normalized spacial score (nSPS) is 30.1. The van der Waals surface area contributed by atoms with E-state index in [1.165, 1.54) is 7.11 Å². The second-order valence-electron chi connectivity index (χ2n) is 3.62. The smallest absolute Gasteiger partial charge is 0.305 e. The summed E-state index contributed by atoms with van der Waals surface area (Å²) in [6.07, 6.45) is 0.734. The minimum atomic E-state index is -2.98. The van der Waals surface area contributed by atoms with Crippen LogP contribution in [0.1, 0.15) is 12.8 Å². The average Bonchev–Trinajstić information content (AvgIpc) is 2.35. The molecule has 0 saturated carbocycles. The van der Waals surface area contributed by atoms with E-state index >= 15 is 0 Å². The van der Waals surface area contributed by atoms with Gasteiger partial charge in [-0.25, -0.2) is 8.42 Å². The summed E-state index contributed by atoms with van der Waals surface area (Å²) in [4.78, 5) is 10.8. The summed E-state index contributed by atoms with van der Waals surface area (Å²) in [5, 5.41) is 0. The van der Waals surface area contributed by atoms with Gasteiger partial charge in [0.05, 0.1) is 18.6 Å². The van der Waals surface area contributed by atoms with Crippen LogP contribution in [0.4, 0.5) is 0 Å². The Morgan fingerprint density at radius 3 is 2.57 bits per heavy atom. The number of rotatable bonds is 3. The molecule has 0 radical (unpaired) electrons. The minimum absolute atomic E-state index is 0.0405. The Kier molecular flexibility index (Phi) is 3.49. The Morgan fingerprint density at radius 2 is 2.14 bits per heavy atom. The van der Waals surface area contributed by atoms with E-state index in [9.17, 15) is 13.2 Å². The molecule has 1 rings (SSSR count). The molecular weight excluding hydrogens is 206 g/mol. The number of carbonyl (C=O) groups excluding carboxylic acids is 1. The van der Waals surface area contributed by atoms with Gasteiger partial charge in [-0.2, -0.15) is 0 Å². The molecule has 82 valence electrons. The Bertz CT molecular complexity index is 311. The Hall–Kier alpha value is -0.620. The van der Waals surface area contributed by atoms with Gasteiger partial charge in [0.15, 0.2) is 9.84 Å². The summed E-state index contributed by atoms with van der Waals surface area (Å²) in [6.45, 7) is 0. The second-order valence-corrected chi connectivity index (χ2v) is 5.77. The van der Waals surface area contributed by atoms with Crippen LogP contribution in [0, 0.1) is 5.92 Å². The summed E-state index contributed by atoms with van der Waals surface area (Å²) in [7, 11) is -1.66. The summed E-state index contributed by atoms with van der Waals surface area (Å²) in [5.74, 6) is -0.273. The van der Waals surface area contributed by atoms with Crippen LogP contribution in [0.2, 0.25) is 0 Å². The SMILES string of the molecule is COC(=O)CC[C@H]1CS(=O)(=O)C[C@@H]1N. The van der Waals surface area contributed by atoms with E-state index in [0.29, 0.717) is 6.42 Å². The maximum Gasteiger partial charge on any atom is 0.305 e. The second kappa shape index (κ2) is 4.27. The number of methoxy groups -OCH3 is 1. The van der Waals surface area contributed by atoms with Gasteiger partial charge in [-0.15, -0.1) is 0 Å². The van der Waals surface area contributed by atoms with Crippen molar-refractivity contribution in [3.63, 3.8) is 0 Å². The third-order valence-corrected chi connectivity index (χ3v) is 4.30. The molecule has 0 aromatic carbocycles. The molecule has 0 amide bonds. The lowest BCUT2D eigenvalue weighted by Gasteiger charge is -2.11. The first-order chi connectivity index (χ1) is 6.44. The largest absolute Gasteiger partial charge is 0.469 e. The molecule has 5 nitrogen and oxygen atoms in total. The molecule has 2 atom stereocenters. The van der Waals surface area contributed by atoms with Gasteiger partial charge in [0.1, 0.15) is 0 Å². The zero-order chi connectivity index (χ0) is 10.8. The predicted octanol–water partition coefficient (Wildman–Crippen LogP) is -0.688.